The average Bonchev–Trinajstić information content (AvgIpc) is 2.85. The lowest BCUT2D eigenvalue weighted by molar-refractivity contribution is 0.439. The van der Waals surface area contributed by atoms with Gasteiger partial charge in [-0.2, -0.15) is 0 Å². The number of hydrogen-bond donors (Lipinski definition) is 1. The molecule has 0 aromatic rings. The van der Waals surface area contributed by atoms with Gasteiger partial charge in [-0.25, -0.2) is 0 Å². The maximum Gasteiger partial charge on any atom is -0.00490 e. The van der Waals surface area contributed by atoms with Crippen molar-refractivity contribution in [3.8, 4) is 0 Å². The first kappa shape index (κ1) is 10.0. The van der Waals surface area contributed by atoms with Gasteiger partial charge in [0.05, 0.1) is 0 Å². The summed E-state index contributed by atoms with van der Waals surface area (Å²) in [6.45, 7) is 5.45. The summed E-state index contributed by atoms with van der Waals surface area (Å²) in [7, 11) is 0. The minimum absolute atomic E-state index is 0.795. The largest absolute Gasteiger partial charge is 0.330 e. The van der Waals surface area contributed by atoms with Gasteiger partial charge in [-0.1, -0.05) is 26.7 Å². The monoisotopic (exact) mass is 169 g/mol. The molecule has 0 radical (unpaired) electrons. The molecule has 0 aromatic heterocycles. The minimum atomic E-state index is 0.795. The van der Waals surface area contributed by atoms with Crippen molar-refractivity contribution in [2.45, 2.75) is 46.0 Å². The Morgan fingerprint density at radius 1 is 1.33 bits per heavy atom. The van der Waals surface area contributed by atoms with Gasteiger partial charge >= 0.3 is 0 Å². The van der Waals surface area contributed by atoms with Crippen LogP contribution >= 0.6 is 0 Å². The van der Waals surface area contributed by atoms with Gasteiger partial charge < -0.3 is 5.73 Å². The summed E-state index contributed by atoms with van der Waals surface area (Å²) in [4.78, 5) is 0. The van der Waals surface area contributed by atoms with E-state index in [1.807, 2.05) is 0 Å². The van der Waals surface area contributed by atoms with Crippen LogP contribution in [0.25, 0.3) is 0 Å². The van der Waals surface area contributed by atoms with Crippen molar-refractivity contribution < 1.29 is 0 Å². The van der Waals surface area contributed by atoms with Crippen LogP contribution in [0.1, 0.15) is 46.0 Å². The fraction of sp³-hybridized carbons (Fsp3) is 1.00. The predicted octanol–water partition coefficient (Wildman–Crippen LogP) is 2.80. The van der Waals surface area contributed by atoms with Gasteiger partial charge in [0.25, 0.3) is 0 Å². The molecular formula is C11H23N. The van der Waals surface area contributed by atoms with Gasteiger partial charge in [0, 0.05) is 0 Å². The van der Waals surface area contributed by atoms with E-state index in [9.17, 15) is 0 Å². The van der Waals surface area contributed by atoms with Crippen molar-refractivity contribution in [1.29, 1.82) is 0 Å². The van der Waals surface area contributed by atoms with Gasteiger partial charge in [0.15, 0.2) is 0 Å². The topological polar surface area (TPSA) is 26.0 Å². The standard InChI is InChI=1S/C11H23N/c1-3-9(8-12)5-6-11-7-10(11)4-2/h9-11H,3-8,12H2,1-2H3. The fourth-order valence-electron chi connectivity index (χ4n) is 2.10. The molecule has 0 saturated heterocycles. The predicted molar refractivity (Wildman–Crippen MR) is 54.0 cm³/mol. The normalized spacial score (nSPS) is 30.2. The maximum absolute atomic E-state index is 5.66. The van der Waals surface area contributed by atoms with Crippen LogP contribution in [0.4, 0.5) is 0 Å². The Kier molecular flexibility index (Phi) is 4.07. The molecule has 1 aliphatic rings. The zero-order chi connectivity index (χ0) is 8.97. The molecule has 72 valence electrons. The van der Waals surface area contributed by atoms with Crippen molar-refractivity contribution in [3.05, 3.63) is 0 Å². The second-order valence-corrected chi connectivity index (χ2v) is 4.25. The van der Waals surface area contributed by atoms with Crippen LogP contribution in [0.15, 0.2) is 0 Å². The third kappa shape index (κ3) is 2.78. The SMILES string of the molecule is CCC(CN)CCC1CC1CC. The smallest absolute Gasteiger partial charge is 0.00490 e. The Hall–Kier alpha value is -0.0400. The number of nitrogens with two attached hydrogens (primary N) is 1. The lowest BCUT2D eigenvalue weighted by atomic mass is 9.98. The molecule has 0 aromatic carbocycles. The first-order valence-electron chi connectivity index (χ1n) is 5.51. The molecule has 0 bridgehead atoms. The zero-order valence-corrected chi connectivity index (χ0v) is 8.55. The molecule has 1 heteroatoms. The first-order valence-corrected chi connectivity index (χ1v) is 5.51. The molecule has 1 saturated carbocycles. The molecule has 3 atom stereocenters. The van der Waals surface area contributed by atoms with Gasteiger partial charge in [0.2, 0.25) is 0 Å². The fourth-order valence-corrected chi connectivity index (χ4v) is 2.10. The van der Waals surface area contributed by atoms with E-state index < -0.39 is 0 Å². The second-order valence-electron chi connectivity index (χ2n) is 4.25. The van der Waals surface area contributed by atoms with E-state index in [0.29, 0.717) is 0 Å². The Morgan fingerprint density at radius 3 is 2.50 bits per heavy atom. The van der Waals surface area contributed by atoms with Gasteiger partial charge in [-0.3, -0.25) is 0 Å². The lowest BCUT2D eigenvalue weighted by Crippen LogP contribution is -2.13. The molecule has 3 unspecified atom stereocenters. The third-order valence-corrected chi connectivity index (χ3v) is 3.45. The summed E-state index contributed by atoms with van der Waals surface area (Å²) >= 11 is 0. The van der Waals surface area contributed by atoms with Crippen LogP contribution in [-0.4, -0.2) is 6.54 Å². The van der Waals surface area contributed by atoms with Crippen molar-refractivity contribution in [2.75, 3.05) is 6.54 Å². The highest BCUT2D eigenvalue weighted by Gasteiger charge is 2.34. The number of rotatable bonds is 6. The van der Waals surface area contributed by atoms with E-state index in [-0.39, 0.29) is 0 Å². The molecule has 0 spiro atoms. The summed E-state index contributed by atoms with van der Waals surface area (Å²) in [6.07, 6.45) is 6.96. The van der Waals surface area contributed by atoms with Gasteiger partial charge in [0.1, 0.15) is 0 Å². The van der Waals surface area contributed by atoms with Crippen LogP contribution in [0.2, 0.25) is 0 Å². The molecule has 0 aliphatic heterocycles. The Bertz CT molecular complexity index is 118. The maximum atomic E-state index is 5.66. The second kappa shape index (κ2) is 4.86. The highest BCUT2D eigenvalue weighted by Crippen LogP contribution is 2.44. The summed E-state index contributed by atoms with van der Waals surface area (Å²) in [6, 6.07) is 0. The third-order valence-electron chi connectivity index (χ3n) is 3.45. The van der Waals surface area contributed by atoms with Crippen molar-refractivity contribution in [3.63, 3.8) is 0 Å². The first-order chi connectivity index (χ1) is 5.81. The molecule has 12 heavy (non-hydrogen) atoms. The Morgan fingerprint density at radius 2 is 2.08 bits per heavy atom. The van der Waals surface area contributed by atoms with Crippen LogP contribution in [-0.2, 0) is 0 Å². The van der Waals surface area contributed by atoms with Gasteiger partial charge in [-0.15, -0.1) is 0 Å². The summed E-state index contributed by atoms with van der Waals surface area (Å²) < 4.78 is 0. The molecule has 2 N–H and O–H groups in total. The summed E-state index contributed by atoms with van der Waals surface area (Å²) in [5.41, 5.74) is 5.66. The Labute approximate surface area is 76.7 Å². The molecule has 0 heterocycles. The Balaban J connectivity index is 2.02. The van der Waals surface area contributed by atoms with E-state index in [0.717, 1.165) is 24.3 Å². The van der Waals surface area contributed by atoms with E-state index >= 15 is 0 Å². The molecule has 1 rings (SSSR count). The highest BCUT2D eigenvalue weighted by molar-refractivity contribution is 4.85. The van der Waals surface area contributed by atoms with E-state index in [1.54, 1.807) is 0 Å². The van der Waals surface area contributed by atoms with Crippen LogP contribution in [0.5, 0.6) is 0 Å². The van der Waals surface area contributed by atoms with Crippen LogP contribution in [0, 0.1) is 17.8 Å². The van der Waals surface area contributed by atoms with Crippen molar-refractivity contribution in [1.82, 2.24) is 0 Å². The van der Waals surface area contributed by atoms with Crippen LogP contribution in [0.3, 0.4) is 0 Å². The van der Waals surface area contributed by atoms with E-state index in [2.05, 4.69) is 13.8 Å². The van der Waals surface area contributed by atoms with Crippen molar-refractivity contribution >= 4 is 0 Å². The molecule has 0 amide bonds. The molecule has 1 fully saturated rings. The minimum Gasteiger partial charge on any atom is -0.330 e. The highest BCUT2D eigenvalue weighted by atomic mass is 14.5. The quantitative estimate of drug-likeness (QED) is 0.650. The number of hydrogen-bond acceptors (Lipinski definition) is 1. The molecule has 1 aliphatic carbocycles. The zero-order valence-electron chi connectivity index (χ0n) is 8.55. The van der Waals surface area contributed by atoms with E-state index in [4.69, 9.17) is 5.73 Å². The lowest BCUT2D eigenvalue weighted by Gasteiger charge is -2.10. The van der Waals surface area contributed by atoms with Crippen molar-refractivity contribution in [2.24, 2.45) is 23.5 Å². The molecular weight excluding hydrogens is 146 g/mol. The summed E-state index contributed by atoms with van der Waals surface area (Å²) in [5, 5.41) is 0. The summed E-state index contributed by atoms with van der Waals surface area (Å²) in [5.74, 6) is 2.93. The van der Waals surface area contributed by atoms with Crippen LogP contribution < -0.4 is 5.73 Å². The molecule has 1 nitrogen and oxygen atoms in total. The van der Waals surface area contributed by atoms with E-state index in [1.165, 1.54) is 32.1 Å². The average molecular weight is 169 g/mol. The van der Waals surface area contributed by atoms with Gasteiger partial charge in [-0.05, 0) is 43.6 Å².